The second-order valence-electron chi connectivity index (χ2n) is 6.13. The number of hydrogen-bond donors (Lipinski definition) is 2. The molecular formula is C17H26N4O4. The summed E-state index contributed by atoms with van der Waals surface area (Å²) in [6.07, 6.45) is 1.45. The van der Waals surface area contributed by atoms with Crippen LogP contribution in [0, 0.1) is 0 Å². The number of aliphatic hydroxyl groups excluding tert-OH is 1. The molecule has 2 N–H and O–H groups in total. The highest BCUT2D eigenvalue weighted by atomic mass is 16.5. The highest BCUT2D eigenvalue weighted by molar-refractivity contribution is 5.93. The van der Waals surface area contributed by atoms with E-state index in [1.54, 1.807) is 29.0 Å². The molecule has 1 fully saturated rings. The van der Waals surface area contributed by atoms with Crippen LogP contribution in [0.2, 0.25) is 0 Å². The maximum atomic E-state index is 12.1. The molecule has 2 heterocycles. The lowest BCUT2D eigenvalue weighted by atomic mass is 10.0. The fraction of sp³-hybridized carbons (Fsp3) is 0.588. The second-order valence-corrected chi connectivity index (χ2v) is 6.13. The van der Waals surface area contributed by atoms with Crippen molar-refractivity contribution in [3.05, 3.63) is 23.9 Å². The fourth-order valence-electron chi connectivity index (χ4n) is 2.70. The predicted octanol–water partition coefficient (Wildman–Crippen LogP) is 0.194. The number of hydrogen-bond acceptors (Lipinski definition) is 6. The summed E-state index contributed by atoms with van der Waals surface area (Å²) in [5, 5.41) is 13.5. The molecule has 2 amide bonds. The monoisotopic (exact) mass is 350 g/mol. The van der Waals surface area contributed by atoms with Gasteiger partial charge in [-0.25, -0.2) is 4.98 Å². The molecule has 0 radical (unpaired) electrons. The summed E-state index contributed by atoms with van der Waals surface area (Å²) in [5.74, 6) is 0.393. The van der Waals surface area contributed by atoms with Crippen molar-refractivity contribution in [2.24, 2.45) is 0 Å². The molecule has 1 aliphatic heterocycles. The average Bonchev–Trinajstić information content (AvgIpc) is 2.63. The van der Waals surface area contributed by atoms with Gasteiger partial charge in [0, 0.05) is 40.0 Å². The van der Waals surface area contributed by atoms with Crippen LogP contribution in [0.25, 0.3) is 0 Å². The van der Waals surface area contributed by atoms with Crippen molar-refractivity contribution in [1.29, 1.82) is 0 Å². The fourth-order valence-corrected chi connectivity index (χ4v) is 2.70. The Labute approximate surface area is 147 Å². The van der Waals surface area contributed by atoms with Gasteiger partial charge in [0.2, 0.25) is 5.91 Å². The van der Waals surface area contributed by atoms with Crippen LogP contribution in [-0.4, -0.2) is 84.2 Å². The van der Waals surface area contributed by atoms with Crippen LogP contribution in [-0.2, 0) is 9.53 Å². The Hall–Kier alpha value is -2.19. The van der Waals surface area contributed by atoms with E-state index in [1.165, 1.54) is 13.3 Å². The number of nitrogens with zero attached hydrogens (tertiary/aromatic N) is 3. The smallest absolute Gasteiger partial charge is 0.255 e. The Morgan fingerprint density at radius 1 is 1.48 bits per heavy atom. The number of carbonyl (C=O) groups excluding carboxylic acids is 2. The van der Waals surface area contributed by atoms with Gasteiger partial charge in [0.1, 0.15) is 12.4 Å². The molecule has 0 unspecified atom stereocenters. The van der Waals surface area contributed by atoms with Crippen molar-refractivity contribution in [3.8, 4) is 0 Å². The minimum Gasteiger partial charge on any atom is -0.389 e. The van der Waals surface area contributed by atoms with E-state index in [1.807, 2.05) is 6.92 Å². The lowest BCUT2D eigenvalue weighted by Gasteiger charge is -2.36. The minimum absolute atomic E-state index is 0.0219. The number of aromatic nitrogens is 1. The number of likely N-dealkylation sites (tertiary alicyclic amines) is 1. The standard InChI is InChI=1S/C17H26N4O4/c1-4-20(2)17(24)12-5-6-15(18-9-12)19-13-7-8-21(10-14(13)22)16(23)11-25-3/h5-6,9,13-14,22H,4,7-8,10-11H2,1-3H3,(H,18,19)/t13-,14-/m1/s1. The van der Waals surface area contributed by atoms with Crippen molar-refractivity contribution in [3.63, 3.8) is 0 Å². The van der Waals surface area contributed by atoms with E-state index in [9.17, 15) is 14.7 Å². The third-order valence-electron chi connectivity index (χ3n) is 4.37. The first-order valence-corrected chi connectivity index (χ1v) is 8.39. The first-order valence-electron chi connectivity index (χ1n) is 8.39. The number of anilines is 1. The lowest BCUT2D eigenvalue weighted by molar-refractivity contribution is -0.138. The lowest BCUT2D eigenvalue weighted by Crippen LogP contribution is -2.52. The molecule has 25 heavy (non-hydrogen) atoms. The number of rotatable bonds is 6. The molecule has 1 aliphatic rings. The molecule has 1 aromatic heterocycles. The Morgan fingerprint density at radius 2 is 2.24 bits per heavy atom. The molecule has 138 valence electrons. The van der Waals surface area contributed by atoms with Crippen LogP contribution < -0.4 is 5.32 Å². The molecule has 0 spiro atoms. The van der Waals surface area contributed by atoms with Crippen molar-refractivity contribution >= 4 is 17.6 Å². The summed E-state index contributed by atoms with van der Waals surface area (Å²) in [6, 6.07) is 3.25. The Bertz CT molecular complexity index is 593. The maximum Gasteiger partial charge on any atom is 0.255 e. The number of pyridine rings is 1. The molecule has 8 nitrogen and oxygen atoms in total. The summed E-state index contributed by atoms with van der Waals surface area (Å²) < 4.78 is 4.84. The molecule has 0 bridgehead atoms. The number of nitrogens with one attached hydrogen (secondary N) is 1. The number of piperidine rings is 1. The molecule has 0 aromatic carbocycles. The van der Waals surface area contributed by atoms with Gasteiger partial charge in [0.05, 0.1) is 17.7 Å². The van der Waals surface area contributed by atoms with Gasteiger partial charge in [-0.2, -0.15) is 0 Å². The van der Waals surface area contributed by atoms with Gasteiger partial charge in [-0.15, -0.1) is 0 Å². The number of carbonyl (C=O) groups is 2. The van der Waals surface area contributed by atoms with Gasteiger partial charge < -0.3 is 25.0 Å². The van der Waals surface area contributed by atoms with Crippen LogP contribution >= 0.6 is 0 Å². The van der Waals surface area contributed by atoms with Crippen molar-refractivity contribution in [1.82, 2.24) is 14.8 Å². The molecule has 1 saturated heterocycles. The van der Waals surface area contributed by atoms with Crippen LogP contribution in [0.5, 0.6) is 0 Å². The number of ether oxygens (including phenoxy) is 1. The molecule has 8 heteroatoms. The van der Waals surface area contributed by atoms with Gasteiger partial charge in [0.15, 0.2) is 0 Å². The van der Waals surface area contributed by atoms with Crippen molar-refractivity contribution in [2.75, 3.05) is 45.7 Å². The molecule has 2 atom stereocenters. The average molecular weight is 350 g/mol. The Balaban J connectivity index is 1.92. The highest BCUT2D eigenvalue weighted by Crippen LogP contribution is 2.17. The van der Waals surface area contributed by atoms with Crippen molar-refractivity contribution < 1.29 is 19.4 Å². The predicted molar refractivity (Wildman–Crippen MR) is 93.4 cm³/mol. The van der Waals surface area contributed by atoms with E-state index >= 15 is 0 Å². The first kappa shape index (κ1) is 19.1. The van der Waals surface area contributed by atoms with E-state index in [2.05, 4.69) is 10.3 Å². The van der Waals surface area contributed by atoms with Gasteiger partial charge in [-0.1, -0.05) is 0 Å². The number of aliphatic hydroxyl groups is 1. The zero-order valence-corrected chi connectivity index (χ0v) is 14.9. The van der Waals surface area contributed by atoms with E-state index < -0.39 is 6.10 Å². The second kappa shape index (κ2) is 8.77. The summed E-state index contributed by atoms with van der Waals surface area (Å²) in [5.41, 5.74) is 0.524. The maximum absolute atomic E-state index is 12.1. The van der Waals surface area contributed by atoms with Crippen LogP contribution in [0.15, 0.2) is 18.3 Å². The SMILES string of the molecule is CCN(C)C(=O)c1ccc(N[C@@H]2CCN(C(=O)COC)C[C@H]2O)nc1. The molecular weight excluding hydrogens is 324 g/mol. The zero-order chi connectivity index (χ0) is 18.4. The molecule has 2 rings (SSSR count). The van der Waals surface area contributed by atoms with E-state index in [4.69, 9.17) is 4.74 Å². The molecule has 0 saturated carbocycles. The van der Waals surface area contributed by atoms with Crippen LogP contribution in [0.3, 0.4) is 0 Å². The Morgan fingerprint density at radius 3 is 2.80 bits per heavy atom. The zero-order valence-electron chi connectivity index (χ0n) is 14.9. The third-order valence-corrected chi connectivity index (χ3v) is 4.37. The third kappa shape index (κ3) is 4.90. The number of methoxy groups -OCH3 is 1. The van der Waals surface area contributed by atoms with Crippen LogP contribution in [0.1, 0.15) is 23.7 Å². The Kier molecular flexibility index (Phi) is 6.72. The largest absolute Gasteiger partial charge is 0.389 e. The molecule has 1 aromatic rings. The first-order chi connectivity index (χ1) is 12.0. The minimum atomic E-state index is -0.691. The summed E-state index contributed by atoms with van der Waals surface area (Å²) >= 11 is 0. The van der Waals surface area contributed by atoms with Gasteiger partial charge in [0.25, 0.3) is 5.91 Å². The summed E-state index contributed by atoms with van der Waals surface area (Å²) in [6.45, 7) is 3.37. The quantitative estimate of drug-likeness (QED) is 0.761. The topological polar surface area (TPSA) is 95.0 Å². The van der Waals surface area contributed by atoms with Gasteiger partial charge in [-0.3, -0.25) is 9.59 Å². The highest BCUT2D eigenvalue weighted by Gasteiger charge is 2.30. The van der Waals surface area contributed by atoms with Crippen molar-refractivity contribution in [2.45, 2.75) is 25.5 Å². The van der Waals surface area contributed by atoms with Gasteiger partial charge in [-0.05, 0) is 25.5 Å². The summed E-state index contributed by atoms with van der Waals surface area (Å²) in [7, 11) is 3.21. The summed E-state index contributed by atoms with van der Waals surface area (Å²) in [4.78, 5) is 31.3. The van der Waals surface area contributed by atoms with E-state index in [0.717, 1.165) is 0 Å². The normalized spacial score (nSPS) is 20.2. The molecule has 0 aliphatic carbocycles. The van der Waals surface area contributed by atoms with E-state index in [-0.39, 0.29) is 31.0 Å². The van der Waals surface area contributed by atoms with Gasteiger partial charge >= 0.3 is 0 Å². The van der Waals surface area contributed by atoms with E-state index in [0.29, 0.717) is 30.9 Å². The van der Waals surface area contributed by atoms with Crippen LogP contribution in [0.4, 0.5) is 5.82 Å². The number of amides is 2. The number of β-amino-alcohol motifs (C(OH)–C–C–N with tert-alkyl or cyclic N) is 1.